The molecule has 1 aliphatic heterocycles. The second-order valence-electron chi connectivity index (χ2n) is 7.33. The van der Waals surface area contributed by atoms with Crippen LogP contribution >= 0.6 is 0 Å². The van der Waals surface area contributed by atoms with Gasteiger partial charge in [-0.15, -0.1) is 0 Å². The summed E-state index contributed by atoms with van der Waals surface area (Å²) in [5.41, 5.74) is 2.49. The largest absolute Gasteiger partial charge is 0.484 e. The van der Waals surface area contributed by atoms with E-state index < -0.39 is 0 Å². The number of nitrogens with one attached hydrogen (secondary N) is 1. The van der Waals surface area contributed by atoms with Crippen LogP contribution in [0, 0.1) is 6.92 Å². The van der Waals surface area contributed by atoms with Crippen molar-refractivity contribution in [2.75, 3.05) is 26.4 Å². The lowest BCUT2D eigenvalue weighted by molar-refractivity contribution is -0.124. The van der Waals surface area contributed by atoms with E-state index in [1.807, 2.05) is 36.4 Å². The standard InChI is InChI=1S/C23H30N2O3/c1-3-19-6-10-21(11-7-19)27-16-23(26)24-20-12-14-25(15-13-20)17-28-22-8-4-18(2)5-9-22/h4-11,20H,3,12-17H2,1-2H3,(H,24,26). The molecule has 1 saturated heterocycles. The quantitative estimate of drug-likeness (QED) is 0.759. The van der Waals surface area contributed by atoms with Crippen molar-refractivity contribution in [3.05, 3.63) is 59.7 Å². The summed E-state index contributed by atoms with van der Waals surface area (Å²) in [5, 5.41) is 3.08. The van der Waals surface area contributed by atoms with Crippen LogP contribution in [0.3, 0.4) is 0 Å². The Kier molecular flexibility index (Phi) is 7.31. The maximum Gasteiger partial charge on any atom is 0.258 e. The highest BCUT2D eigenvalue weighted by Crippen LogP contribution is 2.15. The van der Waals surface area contributed by atoms with Gasteiger partial charge in [0.25, 0.3) is 5.91 Å². The van der Waals surface area contributed by atoms with Crippen LogP contribution in [-0.2, 0) is 11.2 Å². The monoisotopic (exact) mass is 382 g/mol. The topological polar surface area (TPSA) is 50.8 Å². The van der Waals surface area contributed by atoms with E-state index >= 15 is 0 Å². The maximum absolute atomic E-state index is 12.2. The third-order valence-corrected chi connectivity index (χ3v) is 5.09. The zero-order chi connectivity index (χ0) is 19.8. The zero-order valence-electron chi connectivity index (χ0n) is 16.8. The number of likely N-dealkylation sites (tertiary alicyclic amines) is 1. The van der Waals surface area contributed by atoms with Crippen LogP contribution in [0.1, 0.15) is 30.9 Å². The van der Waals surface area contributed by atoms with Gasteiger partial charge in [-0.05, 0) is 56.0 Å². The minimum absolute atomic E-state index is 0.0578. The normalized spacial score (nSPS) is 15.2. The third kappa shape index (κ3) is 6.27. The first-order valence-electron chi connectivity index (χ1n) is 10.1. The van der Waals surface area contributed by atoms with E-state index in [0.29, 0.717) is 6.73 Å². The molecule has 1 heterocycles. The number of carbonyl (C=O) groups is 1. The number of amides is 1. The molecule has 1 N–H and O–H groups in total. The number of aryl methyl sites for hydroxylation is 2. The SMILES string of the molecule is CCc1ccc(OCC(=O)NC2CCN(COc3ccc(C)cc3)CC2)cc1. The molecule has 150 valence electrons. The van der Waals surface area contributed by atoms with Gasteiger partial charge in [-0.1, -0.05) is 36.8 Å². The number of ether oxygens (including phenoxy) is 2. The van der Waals surface area contributed by atoms with Gasteiger partial charge in [0.1, 0.15) is 18.2 Å². The summed E-state index contributed by atoms with van der Waals surface area (Å²) in [6.07, 6.45) is 2.85. The van der Waals surface area contributed by atoms with Crippen LogP contribution in [0.4, 0.5) is 0 Å². The minimum atomic E-state index is -0.0612. The molecule has 0 bridgehead atoms. The number of carbonyl (C=O) groups excluding carboxylic acids is 1. The lowest BCUT2D eigenvalue weighted by Gasteiger charge is -2.32. The molecule has 1 amide bonds. The van der Waals surface area contributed by atoms with Gasteiger partial charge in [-0.2, -0.15) is 0 Å². The molecule has 5 heteroatoms. The maximum atomic E-state index is 12.2. The fourth-order valence-corrected chi connectivity index (χ4v) is 3.25. The Morgan fingerprint density at radius 1 is 1.00 bits per heavy atom. The van der Waals surface area contributed by atoms with E-state index in [9.17, 15) is 4.79 Å². The van der Waals surface area contributed by atoms with E-state index in [1.165, 1.54) is 11.1 Å². The van der Waals surface area contributed by atoms with Crippen LogP contribution in [-0.4, -0.2) is 43.3 Å². The van der Waals surface area contributed by atoms with Crippen molar-refractivity contribution < 1.29 is 14.3 Å². The summed E-state index contributed by atoms with van der Waals surface area (Å²) < 4.78 is 11.4. The van der Waals surface area contributed by atoms with Crippen LogP contribution < -0.4 is 14.8 Å². The van der Waals surface area contributed by atoms with Crippen molar-refractivity contribution in [1.29, 1.82) is 0 Å². The molecule has 3 rings (SSSR count). The first-order valence-corrected chi connectivity index (χ1v) is 10.1. The molecule has 1 aliphatic rings. The molecule has 0 unspecified atom stereocenters. The number of nitrogens with zero attached hydrogens (tertiary/aromatic N) is 1. The average Bonchev–Trinajstić information content (AvgIpc) is 2.73. The van der Waals surface area contributed by atoms with E-state index in [-0.39, 0.29) is 18.6 Å². The van der Waals surface area contributed by atoms with Crippen LogP contribution in [0.25, 0.3) is 0 Å². The Balaban J connectivity index is 1.33. The first-order chi connectivity index (χ1) is 13.6. The zero-order valence-corrected chi connectivity index (χ0v) is 16.8. The summed E-state index contributed by atoms with van der Waals surface area (Å²) in [5.74, 6) is 1.56. The molecular formula is C23H30N2O3. The molecule has 2 aromatic rings. The summed E-state index contributed by atoms with van der Waals surface area (Å²) in [7, 11) is 0. The number of piperidine rings is 1. The van der Waals surface area contributed by atoms with E-state index in [0.717, 1.165) is 43.9 Å². The molecule has 1 fully saturated rings. The molecule has 0 spiro atoms. The van der Waals surface area contributed by atoms with Gasteiger partial charge in [0.15, 0.2) is 6.61 Å². The van der Waals surface area contributed by atoms with E-state index in [2.05, 4.69) is 36.2 Å². The minimum Gasteiger partial charge on any atom is -0.484 e. The molecular weight excluding hydrogens is 352 g/mol. The Morgan fingerprint density at radius 3 is 2.25 bits per heavy atom. The summed E-state index contributed by atoms with van der Waals surface area (Å²) in [6.45, 7) is 6.65. The lowest BCUT2D eigenvalue weighted by atomic mass is 10.1. The predicted molar refractivity (Wildman–Crippen MR) is 111 cm³/mol. The highest BCUT2D eigenvalue weighted by atomic mass is 16.5. The van der Waals surface area contributed by atoms with Gasteiger partial charge in [-0.3, -0.25) is 9.69 Å². The Labute approximate surface area is 167 Å². The average molecular weight is 383 g/mol. The first kappa shape index (κ1) is 20.2. The fraction of sp³-hybridized carbons (Fsp3) is 0.435. The smallest absolute Gasteiger partial charge is 0.258 e. The van der Waals surface area contributed by atoms with Crippen LogP contribution in [0.15, 0.2) is 48.5 Å². The van der Waals surface area contributed by atoms with Gasteiger partial charge in [0.05, 0.1) is 0 Å². The second-order valence-corrected chi connectivity index (χ2v) is 7.33. The van der Waals surface area contributed by atoms with Gasteiger partial charge in [0, 0.05) is 19.1 Å². The second kappa shape index (κ2) is 10.1. The number of benzene rings is 2. The lowest BCUT2D eigenvalue weighted by Crippen LogP contribution is -2.46. The van der Waals surface area contributed by atoms with Crippen molar-refractivity contribution in [2.24, 2.45) is 0 Å². The van der Waals surface area contributed by atoms with Crippen molar-refractivity contribution in [2.45, 2.75) is 39.2 Å². The predicted octanol–water partition coefficient (Wildman–Crippen LogP) is 3.55. The van der Waals surface area contributed by atoms with Crippen LogP contribution in [0.2, 0.25) is 0 Å². The number of hydrogen-bond acceptors (Lipinski definition) is 4. The van der Waals surface area contributed by atoms with Crippen molar-refractivity contribution in [3.8, 4) is 11.5 Å². The molecule has 0 atom stereocenters. The highest BCUT2D eigenvalue weighted by Gasteiger charge is 2.21. The Morgan fingerprint density at radius 2 is 1.61 bits per heavy atom. The summed E-state index contributed by atoms with van der Waals surface area (Å²) in [6, 6.07) is 16.2. The molecule has 2 aromatic carbocycles. The number of rotatable bonds is 8. The van der Waals surface area contributed by atoms with Crippen molar-refractivity contribution >= 4 is 5.91 Å². The van der Waals surface area contributed by atoms with Gasteiger partial charge < -0.3 is 14.8 Å². The molecule has 0 aliphatic carbocycles. The molecule has 0 aromatic heterocycles. The number of hydrogen-bond donors (Lipinski definition) is 1. The van der Waals surface area contributed by atoms with E-state index in [1.54, 1.807) is 0 Å². The Hall–Kier alpha value is -2.53. The third-order valence-electron chi connectivity index (χ3n) is 5.09. The fourth-order valence-electron chi connectivity index (χ4n) is 3.25. The van der Waals surface area contributed by atoms with Crippen molar-refractivity contribution in [3.63, 3.8) is 0 Å². The summed E-state index contributed by atoms with van der Waals surface area (Å²) >= 11 is 0. The van der Waals surface area contributed by atoms with Gasteiger partial charge in [-0.25, -0.2) is 0 Å². The summed E-state index contributed by atoms with van der Waals surface area (Å²) in [4.78, 5) is 14.4. The Bertz CT molecular complexity index is 735. The molecule has 28 heavy (non-hydrogen) atoms. The van der Waals surface area contributed by atoms with Crippen LogP contribution in [0.5, 0.6) is 11.5 Å². The molecule has 0 radical (unpaired) electrons. The molecule has 5 nitrogen and oxygen atoms in total. The molecule has 0 saturated carbocycles. The van der Waals surface area contributed by atoms with Gasteiger partial charge in [0.2, 0.25) is 0 Å². The van der Waals surface area contributed by atoms with Gasteiger partial charge >= 0.3 is 0 Å². The van der Waals surface area contributed by atoms with E-state index in [4.69, 9.17) is 9.47 Å². The highest BCUT2D eigenvalue weighted by molar-refractivity contribution is 5.77. The van der Waals surface area contributed by atoms with Crippen molar-refractivity contribution in [1.82, 2.24) is 10.2 Å².